The molecule has 138 valence electrons. The molecule has 2 amide bonds. The van der Waals surface area contributed by atoms with Crippen molar-refractivity contribution in [2.24, 2.45) is 7.05 Å². The minimum atomic E-state index is -0.161. The van der Waals surface area contributed by atoms with Crippen molar-refractivity contribution in [3.8, 4) is 11.4 Å². The van der Waals surface area contributed by atoms with Crippen LogP contribution in [0.4, 0.5) is 10.6 Å². The van der Waals surface area contributed by atoms with Crippen molar-refractivity contribution in [1.29, 1.82) is 0 Å². The van der Waals surface area contributed by atoms with Crippen molar-refractivity contribution in [1.82, 2.24) is 34.7 Å². The number of nitrogens with one attached hydrogen (secondary N) is 2. The Kier molecular flexibility index (Phi) is 3.91. The van der Waals surface area contributed by atoms with Crippen LogP contribution in [-0.4, -0.2) is 49.5 Å². The number of nitrogen functional groups attached to an aromatic ring is 1. The van der Waals surface area contributed by atoms with E-state index < -0.39 is 0 Å². The number of carbonyl (C=O) groups is 1. The van der Waals surface area contributed by atoms with Crippen molar-refractivity contribution >= 4 is 33.9 Å². The van der Waals surface area contributed by atoms with Crippen molar-refractivity contribution < 1.29 is 4.79 Å². The van der Waals surface area contributed by atoms with Crippen LogP contribution >= 0.6 is 0 Å². The smallest absolute Gasteiger partial charge is 0.317 e. The number of amides is 2. The number of hydrogen-bond acceptors (Lipinski definition) is 5. The van der Waals surface area contributed by atoms with Gasteiger partial charge < -0.3 is 25.5 Å². The maximum Gasteiger partial charge on any atom is 0.317 e. The molecule has 0 aromatic carbocycles. The van der Waals surface area contributed by atoms with Crippen LogP contribution in [0.15, 0.2) is 30.6 Å². The molecule has 4 heterocycles. The summed E-state index contributed by atoms with van der Waals surface area (Å²) in [5.41, 5.74) is 10.7. The number of aromatic nitrogens is 5. The lowest BCUT2D eigenvalue weighted by Crippen LogP contribution is -2.34. The predicted octanol–water partition coefficient (Wildman–Crippen LogP) is 1.86. The number of pyridine rings is 2. The highest BCUT2D eigenvalue weighted by Crippen LogP contribution is 2.30. The van der Waals surface area contributed by atoms with Crippen LogP contribution < -0.4 is 11.1 Å². The van der Waals surface area contributed by atoms with E-state index >= 15 is 0 Å². The number of aryl methyl sites for hydroxylation is 1. The number of H-pyrrole nitrogens is 1. The zero-order chi connectivity index (χ0) is 19.1. The number of rotatable bonds is 3. The van der Waals surface area contributed by atoms with Crippen LogP contribution in [0.2, 0.25) is 0 Å². The zero-order valence-corrected chi connectivity index (χ0v) is 15.3. The summed E-state index contributed by atoms with van der Waals surface area (Å²) >= 11 is 0. The summed E-state index contributed by atoms with van der Waals surface area (Å²) in [6, 6.07) is 7.56. The highest BCUT2D eigenvalue weighted by molar-refractivity contribution is 6.06. The fraction of sp³-hybridized carbons (Fsp3) is 0.222. The largest absolute Gasteiger partial charge is 0.382 e. The molecule has 0 saturated heterocycles. The molecule has 0 unspecified atom stereocenters. The van der Waals surface area contributed by atoms with Crippen molar-refractivity contribution in [2.45, 2.75) is 6.54 Å². The summed E-state index contributed by atoms with van der Waals surface area (Å²) in [5.74, 6) is 0.389. The van der Waals surface area contributed by atoms with Crippen molar-refractivity contribution in [3.05, 3.63) is 36.3 Å². The molecule has 0 radical (unpaired) electrons. The Hall–Kier alpha value is -3.62. The second-order valence-corrected chi connectivity index (χ2v) is 6.42. The first-order chi connectivity index (χ1) is 13.0. The number of fused-ring (bicyclic) bond motifs is 3. The molecule has 4 N–H and O–H groups in total. The molecule has 0 aliphatic rings. The minimum absolute atomic E-state index is 0.161. The van der Waals surface area contributed by atoms with Gasteiger partial charge in [0.05, 0.1) is 35.5 Å². The van der Waals surface area contributed by atoms with Gasteiger partial charge in [-0.05, 0) is 18.2 Å². The van der Waals surface area contributed by atoms with Gasteiger partial charge in [0, 0.05) is 26.5 Å². The molecule has 9 nitrogen and oxygen atoms in total. The number of carbonyl (C=O) groups excluding carboxylic acids is 1. The van der Waals surface area contributed by atoms with E-state index in [9.17, 15) is 4.79 Å². The lowest BCUT2D eigenvalue weighted by molar-refractivity contribution is 0.208. The van der Waals surface area contributed by atoms with Crippen LogP contribution in [0, 0.1) is 0 Å². The fourth-order valence-corrected chi connectivity index (χ4v) is 3.18. The third-order valence-corrected chi connectivity index (χ3v) is 4.51. The molecular weight excluding hydrogens is 344 g/mol. The van der Waals surface area contributed by atoms with Crippen LogP contribution in [0.3, 0.4) is 0 Å². The van der Waals surface area contributed by atoms with Gasteiger partial charge in [0.1, 0.15) is 11.2 Å². The average molecular weight is 364 g/mol. The topological polar surface area (TPSA) is 118 Å². The number of nitrogens with two attached hydrogens (primary N) is 1. The Bertz CT molecular complexity index is 1160. The van der Waals surface area contributed by atoms with E-state index in [0.29, 0.717) is 23.5 Å². The molecule has 0 spiro atoms. The third-order valence-electron chi connectivity index (χ3n) is 4.51. The summed E-state index contributed by atoms with van der Waals surface area (Å²) in [4.78, 5) is 30.0. The molecule has 9 heteroatoms. The van der Waals surface area contributed by atoms with Gasteiger partial charge in [-0.25, -0.2) is 19.7 Å². The Morgan fingerprint density at radius 3 is 2.96 bits per heavy atom. The molecular formula is C18H20N8O. The standard InChI is InChI=1S/C18H20N8O/c1-20-18(27)25(2)8-10-5-4-6-12(22-10)13-7-11-15-14(21-9-26(15)3)16(19)24-17(11)23-13/h4-7,9H,8H2,1-3H3,(H,20,27)(H3,19,23,24). The Morgan fingerprint density at radius 2 is 2.19 bits per heavy atom. The summed E-state index contributed by atoms with van der Waals surface area (Å²) in [6.07, 6.45) is 1.72. The van der Waals surface area contributed by atoms with Gasteiger partial charge in [-0.2, -0.15) is 0 Å². The SMILES string of the molecule is CNC(=O)N(C)Cc1cccc(-c2cc3c(nc(N)c4ncn(C)c43)[nH]2)n1. The second-order valence-electron chi connectivity index (χ2n) is 6.42. The van der Waals surface area contributed by atoms with Gasteiger partial charge in [0.2, 0.25) is 0 Å². The molecule has 4 aromatic heterocycles. The number of imidazole rings is 1. The maximum atomic E-state index is 11.7. The lowest BCUT2D eigenvalue weighted by Gasteiger charge is -2.16. The number of urea groups is 1. The quantitative estimate of drug-likeness (QED) is 0.513. The summed E-state index contributed by atoms with van der Waals surface area (Å²) in [7, 11) is 5.25. The van der Waals surface area contributed by atoms with E-state index in [2.05, 4.69) is 25.3 Å². The molecule has 0 aliphatic heterocycles. The fourth-order valence-electron chi connectivity index (χ4n) is 3.18. The van der Waals surface area contributed by atoms with E-state index in [1.54, 1.807) is 25.3 Å². The molecule has 0 saturated carbocycles. The number of aromatic amines is 1. The Morgan fingerprint density at radius 1 is 1.37 bits per heavy atom. The molecule has 0 atom stereocenters. The van der Waals surface area contributed by atoms with Gasteiger partial charge in [-0.3, -0.25) is 0 Å². The van der Waals surface area contributed by atoms with Gasteiger partial charge in [0.15, 0.2) is 5.82 Å². The third kappa shape index (κ3) is 2.82. The first kappa shape index (κ1) is 16.8. The predicted molar refractivity (Wildman–Crippen MR) is 104 cm³/mol. The highest BCUT2D eigenvalue weighted by atomic mass is 16.2. The normalized spacial score (nSPS) is 11.2. The van der Waals surface area contributed by atoms with E-state index in [0.717, 1.165) is 28.0 Å². The Labute approximate surface area is 155 Å². The van der Waals surface area contributed by atoms with Crippen LogP contribution in [-0.2, 0) is 13.6 Å². The van der Waals surface area contributed by atoms with Gasteiger partial charge >= 0.3 is 6.03 Å². The first-order valence-electron chi connectivity index (χ1n) is 8.46. The highest BCUT2D eigenvalue weighted by Gasteiger charge is 2.15. The van der Waals surface area contributed by atoms with Gasteiger partial charge in [0.25, 0.3) is 0 Å². The molecule has 4 aromatic rings. The zero-order valence-electron chi connectivity index (χ0n) is 15.3. The number of anilines is 1. The monoisotopic (exact) mass is 364 g/mol. The molecule has 0 aliphatic carbocycles. The maximum absolute atomic E-state index is 11.7. The first-order valence-corrected chi connectivity index (χ1v) is 8.46. The minimum Gasteiger partial charge on any atom is -0.382 e. The van der Waals surface area contributed by atoms with E-state index in [1.165, 1.54) is 0 Å². The lowest BCUT2D eigenvalue weighted by atomic mass is 10.2. The van der Waals surface area contributed by atoms with Gasteiger partial charge in [-0.15, -0.1) is 0 Å². The van der Waals surface area contributed by atoms with E-state index in [4.69, 9.17) is 5.73 Å². The van der Waals surface area contributed by atoms with E-state index in [-0.39, 0.29) is 6.03 Å². The van der Waals surface area contributed by atoms with Gasteiger partial charge in [-0.1, -0.05) is 6.07 Å². The Balaban J connectivity index is 1.77. The van der Waals surface area contributed by atoms with Crippen molar-refractivity contribution in [2.75, 3.05) is 19.8 Å². The summed E-state index contributed by atoms with van der Waals surface area (Å²) in [5, 5.41) is 3.53. The van der Waals surface area contributed by atoms with Crippen LogP contribution in [0.25, 0.3) is 33.5 Å². The molecule has 27 heavy (non-hydrogen) atoms. The van der Waals surface area contributed by atoms with Crippen LogP contribution in [0.1, 0.15) is 5.69 Å². The van der Waals surface area contributed by atoms with Crippen LogP contribution in [0.5, 0.6) is 0 Å². The molecule has 0 fully saturated rings. The summed E-state index contributed by atoms with van der Waals surface area (Å²) < 4.78 is 1.93. The molecule has 4 rings (SSSR count). The number of hydrogen-bond donors (Lipinski definition) is 3. The second kappa shape index (κ2) is 6.27. The van der Waals surface area contributed by atoms with Crippen molar-refractivity contribution in [3.63, 3.8) is 0 Å². The summed E-state index contributed by atoms with van der Waals surface area (Å²) in [6.45, 7) is 0.408. The van der Waals surface area contributed by atoms with E-state index in [1.807, 2.05) is 35.9 Å². The average Bonchev–Trinajstić information content (AvgIpc) is 3.25. The number of nitrogens with zero attached hydrogens (tertiary/aromatic N) is 5. The molecule has 0 bridgehead atoms.